The summed E-state index contributed by atoms with van der Waals surface area (Å²) >= 11 is 0. The summed E-state index contributed by atoms with van der Waals surface area (Å²) in [4.78, 5) is 12.1. The zero-order valence-corrected chi connectivity index (χ0v) is 10.6. The summed E-state index contributed by atoms with van der Waals surface area (Å²) in [6.45, 7) is 2.01. The van der Waals surface area contributed by atoms with Crippen molar-refractivity contribution in [1.82, 2.24) is 9.78 Å². The lowest BCUT2D eigenvalue weighted by Gasteiger charge is -2.02. The molecule has 0 saturated carbocycles. The van der Waals surface area contributed by atoms with Gasteiger partial charge in [-0.25, -0.2) is 0 Å². The van der Waals surface area contributed by atoms with E-state index in [1.54, 1.807) is 4.68 Å². The largest absolute Gasteiger partial charge is 0.272 e. The van der Waals surface area contributed by atoms with Crippen molar-refractivity contribution in [2.45, 2.75) is 6.92 Å². The second-order valence-corrected chi connectivity index (χ2v) is 4.50. The normalized spacial score (nSPS) is 10.6. The van der Waals surface area contributed by atoms with E-state index in [0.717, 1.165) is 16.8 Å². The minimum atomic E-state index is -0.0712. The topological polar surface area (TPSA) is 37.8 Å². The van der Waals surface area contributed by atoms with Crippen molar-refractivity contribution in [3.63, 3.8) is 0 Å². The van der Waals surface area contributed by atoms with E-state index in [1.807, 2.05) is 67.7 Å². The van der Waals surface area contributed by atoms with Crippen LogP contribution in [0.3, 0.4) is 0 Å². The van der Waals surface area contributed by atoms with E-state index < -0.39 is 0 Å². The van der Waals surface area contributed by atoms with Gasteiger partial charge in [-0.05, 0) is 30.2 Å². The predicted octanol–water partition coefficient (Wildman–Crippen LogP) is 3.14. The van der Waals surface area contributed by atoms with Gasteiger partial charge in [0, 0.05) is 6.20 Å². The number of aromatic nitrogens is 2. The van der Waals surface area contributed by atoms with E-state index in [0.29, 0.717) is 5.56 Å². The Bertz CT molecular complexity index is 754. The number of hydrogen-bond donors (Lipinski definition) is 1. The highest BCUT2D eigenvalue weighted by Gasteiger charge is 2.09. The van der Waals surface area contributed by atoms with Gasteiger partial charge < -0.3 is 0 Å². The minimum absolute atomic E-state index is 0.0712. The van der Waals surface area contributed by atoms with Gasteiger partial charge in [-0.1, -0.05) is 42.5 Å². The molecule has 19 heavy (non-hydrogen) atoms. The van der Waals surface area contributed by atoms with Crippen molar-refractivity contribution in [2.75, 3.05) is 0 Å². The number of aromatic amines is 1. The number of aryl methyl sites for hydroxylation is 1. The van der Waals surface area contributed by atoms with Crippen molar-refractivity contribution >= 4 is 0 Å². The van der Waals surface area contributed by atoms with Gasteiger partial charge in [-0.2, -0.15) is 0 Å². The smallest absolute Gasteiger partial charge is 0.267 e. The molecule has 0 aliphatic carbocycles. The van der Waals surface area contributed by atoms with Crippen LogP contribution in [-0.4, -0.2) is 9.78 Å². The summed E-state index contributed by atoms with van der Waals surface area (Å²) in [5, 5.41) is 2.85. The molecule has 0 amide bonds. The Balaban J connectivity index is 2.14. The molecular formula is C16H14N2O. The molecule has 94 valence electrons. The predicted molar refractivity (Wildman–Crippen MR) is 76.6 cm³/mol. The molecule has 3 aromatic rings. The Hall–Kier alpha value is -2.55. The lowest BCUT2D eigenvalue weighted by Crippen LogP contribution is -2.05. The van der Waals surface area contributed by atoms with Gasteiger partial charge in [-0.15, -0.1) is 0 Å². The summed E-state index contributed by atoms with van der Waals surface area (Å²) in [6.07, 6.45) is 1.85. The minimum Gasteiger partial charge on any atom is -0.267 e. The second-order valence-electron chi connectivity index (χ2n) is 4.50. The molecule has 3 nitrogen and oxygen atoms in total. The number of hydrogen-bond acceptors (Lipinski definition) is 1. The number of rotatable bonds is 2. The lowest BCUT2D eigenvalue weighted by molar-refractivity contribution is 0.864. The number of H-pyrrole nitrogens is 1. The van der Waals surface area contributed by atoms with E-state index in [9.17, 15) is 4.79 Å². The Kier molecular flexibility index (Phi) is 2.80. The van der Waals surface area contributed by atoms with Crippen LogP contribution in [0.4, 0.5) is 0 Å². The molecule has 0 spiro atoms. The summed E-state index contributed by atoms with van der Waals surface area (Å²) < 4.78 is 1.75. The van der Waals surface area contributed by atoms with Gasteiger partial charge >= 0.3 is 0 Å². The monoisotopic (exact) mass is 250 g/mol. The maximum Gasteiger partial charge on any atom is 0.272 e. The van der Waals surface area contributed by atoms with Crippen LogP contribution < -0.4 is 5.56 Å². The van der Waals surface area contributed by atoms with Crippen molar-refractivity contribution < 1.29 is 0 Å². The highest BCUT2D eigenvalue weighted by molar-refractivity contribution is 5.65. The SMILES string of the molecule is Cc1ccccc1-c1cn(-c2ccccc2)[nH]c1=O. The highest BCUT2D eigenvalue weighted by atomic mass is 16.1. The molecule has 0 radical (unpaired) electrons. The zero-order chi connectivity index (χ0) is 13.2. The summed E-state index contributed by atoms with van der Waals surface area (Å²) in [6, 6.07) is 17.7. The molecular weight excluding hydrogens is 236 g/mol. The van der Waals surface area contributed by atoms with E-state index >= 15 is 0 Å². The molecule has 0 saturated heterocycles. The molecule has 3 heteroatoms. The highest BCUT2D eigenvalue weighted by Crippen LogP contribution is 2.20. The van der Waals surface area contributed by atoms with E-state index in [4.69, 9.17) is 0 Å². The third-order valence-corrected chi connectivity index (χ3v) is 3.19. The zero-order valence-electron chi connectivity index (χ0n) is 10.6. The van der Waals surface area contributed by atoms with Gasteiger partial charge in [0.05, 0.1) is 11.3 Å². The molecule has 0 fully saturated rings. The molecule has 1 N–H and O–H groups in total. The quantitative estimate of drug-likeness (QED) is 0.745. The van der Waals surface area contributed by atoms with Crippen LogP contribution in [0.1, 0.15) is 5.56 Å². The van der Waals surface area contributed by atoms with Crippen LogP contribution in [0, 0.1) is 6.92 Å². The number of para-hydroxylation sites is 1. The fraction of sp³-hybridized carbons (Fsp3) is 0.0625. The van der Waals surface area contributed by atoms with Crippen LogP contribution in [0.15, 0.2) is 65.6 Å². The molecule has 1 aromatic heterocycles. The Morgan fingerprint density at radius 3 is 2.32 bits per heavy atom. The van der Waals surface area contributed by atoms with Crippen molar-refractivity contribution in [1.29, 1.82) is 0 Å². The van der Waals surface area contributed by atoms with Crippen LogP contribution in [0.25, 0.3) is 16.8 Å². The van der Waals surface area contributed by atoms with E-state index in [1.165, 1.54) is 0 Å². The third-order valence-electron chi connectivity index (χ3n) is 3.19. The molecule has 0 aliphatic rings. The first-order chi connectivity index (χ1) is 9.25. The van der Waals surface area contributed by atoms with Crippen molar-refractivity contribution in [3.05, 3.63) is 76.7 Å². The first-order valence-electron chi connectivity index (χ1n) is 6.19. The Morgan fingerprint density at radius 1 is 0.895 bits per heavy atom. The average Bonchev–Trinajstić information content (AvgIpc) is 2.82. The average molecular weight is 250 g/mol. The fourth-order valence-electron chi connectivity index (χ4n) is 2.18. The lowest BCUT2D eigenvalue weighted by atomic mass is 10.0. The summed E-state index contributed by atoms with van der Waals surface area (Å²) in [7, 11) is 0. The van der Waals surface area contributed by atoms with Gasteiger partial charge in [-0.3, -0.25) is 14.6 Å². The maximum absolute atomic E-state index is 12.1. The van der Waals surface area contributed by atoms with Crippen molar-refractivity contribution in [3.8, 4) is 16.8 Å². The molecule has 2 aromatic carbocycles. The second kappa shape index (κ2) is 4.61. The van der Waals surface area contributed by atoms with Crippen LogP contribution in [0.2, 0.25) is 0 Å². The summed E-state index contributed by atoms with van der Waals surface area (Å²) in [5.41, 5.74) is 3.64. The van der Waals surface area contributed by atoms with Crippen LogP contribution in [0.5, 0.6) is 0 Å². The van der Waals surface area contributed by atoms with Gasteiger partial charge in [0.1, 0.15) is 0 Å². The van der Waals surface area contributed by atoms with Gasteiger partial charge in [0.25, 0.3) is 5.56 Å². The Labute approximate surface area is 111 Å². The van der Waals surface area contributed by atoms with Gasteiger partial charge in [0.2, 0.25) is 0 Å². The number of nitrogens with zero attached hydrogens (tertiary/aromatic N) is 1. The number of benzene rings is 2. The maximum atomic E-state index is 12.1. The van der Waals surface area contributed by atoms with Crippen LogP contribution >= 0.6 is 0 Å². The molecule has 0 bridgehead atoms. The first-order valence-corrected chi connectivity index (χ1v) is 6.19. The van der Waals surface area contributed by atoms with Crippen LogP contribution in [-0.2, 0) is 0 Å². The standard InChI is InChI=1S/C16H14N2O/c1-12-7-5-6-10-14(12)15-11-18(17-16(15)19)13-8-3-2-4-9-13/h2-11H,1H3,(H,17,19). The van der Waals surface area contributed by atoms with E-state index in [-0.39, 0.29) is 5.56 Å². The molecule has 0 unspecified atom stereocenters. The molecule has 1 heterocycles. The molecule has 0 atom stereocenters. The van der Waals surface area contributed by atoms with Crippen molar-refractivity contribution in [2.24, 2.45) is 0 Å². The Morgan fingerprint density at radius 2 is 1.58 bits per heavy atom. The molecule has 3 rings (SSSR count). The van der Waals surface area contributed by atoms with E-state index in [2.05, 4.69) is 5.10 Å². The van der Waals surface area contributed by atoms with Gasteiger partial charge in [0.15, 0.2) is 0 Å². The third kappa shape index (κ3) is 2.10. The fourth-order valence-corrected chi connectivity index (χ4v) is 2.18. The summed E-state index contributed by atoms with van der Waals surface area (Å²) in [5.74, 6) is 0. The number of nitrogens with one attached hydrogen (secondary N) is 1. The molecule has 0 aliphatic heterocycles. The first kappa shape index (κ1) is 11.5.